The lowest BCUT2D eigenvalue weighted by Crippen LogP contribution is -2.17. The number of carbonyl (C=O) groups excluding carboxylic acids is 1. The van der Waals surface area contributed by atoms with Crippen molar-refractivity contribution in [3.8, 4) is 5.75 Å². The van der Waals surface area contributed by atoms with Crippen molar-refractivity contribution in [2.24, 2.45) is 5.10 Å². The first-order valence-corrected chi connectivity index (χ1v) is 13.3. The van der Waals surface area contributed by atoms with Gasteiger partial charge in [0.25, 0.3) is 0 Å². The van der Waals surface area contributed by atoms with Crippen molar-refractivity contribution in [1.29, 1.82) is 0 Å². The minimum absolute atomic E-state index is 0.0380. The van der Waals surface area contributed by atoms with Gasteiger partial charge in [-0.25, -0.2) is 5.43 Å². The van der Waals surface area contributed by atoms with Crippen molar-refractivity contribution in [2.75, 3.05) is 0 Å². The van der Waals surface area contributed by atoms with E-state index in [1.165, 1.54) is 57.8 Å². The first kappa shape index (κ1) is 27.1. The van der Waals surface area contributed by atoms with E-state index in [4.69, 9.17) is 4.74 Å². The van der Waals surface area contributed by atoms with Crippen molar-refractivity contribution in [3.05, 3.63) is 64.1 Å². The highest BCUT2D eigenvalue weighted by Crippen LogP contribution is 2.23. The van der Waals surface area contributed by atoms with Gasteiger partial charge in [-0.15, -0.1) is 0 Å². The van der Waals surface area contributed by atoms with Crippen LogP contribution in [0.1, 0.15) is 95.1 Å². The van der Waals surface area contributed by atoms with Crippen molar-refractivity contribution >= 4 is 28.1 Å². The van der Waals surface area contributed by atoms with Crippen LogP contribution in [-0.2, 0) is 11.4 Å². The predicted molar refractivity (Wildman–Crippen MR) is 142 cm³/mol. The molecule has 0 fully saturated rings. The minimum atomic E-state index is -0.0380. The molecule has 33 heavy (non-hydrogen) atoms. The molecule has 1 amide bonds. The summed E-state index contributed by atoms with van der Waals surface area (Å²) >= 11 is 3.49. The largest absolute Gasteiger partial charge is 0.488 e. The first-order valence-electron chi connectivity index (χ1n) is 12.5. The molecule has 0 atom stereocenters. The molecule has 0 saturated heterocycles. The molecule has 0 saturated carbocycles. The number of halogens is 1. The van der Waals surface area contributed by atoms with E-state index in [2.05, 4.69) is 33.4 Å². The van der Waals surface area contributed by atoms with Gasteiger partial charge in [-0.3, -0.25) is 4.79 Å². The maximum atomic E-state index is 12.1. The normalized spacial score (nSPS) is 11.1. The number of rotatable bonds is 17. The maximum Gasteiger partial charge on any atom is 0.240 e. The number of hydrogen-bond donors (Lipinski definition) is 1. The number of benzene rings is 2. The Balaban J connectivity index is 1.62. The van der Waals surface area contributed by atoms with Crippen LogP contribution in [0.25, 0.3) is 0 Å². The Morgan fingerprint density at radius 2 is 1.55 bits per heavy atom. The quantitative estimate of drug-likeness (QED) is 0.131. The second-order valence-electron chi connectivity index (χ2n) is 8.54. The molecule has 0 aliphatic heterocycles. The van der Waals surface area contributed by atoms with Crippen molar-refractivity contribution in [2.45, 2.75) is 90.6 Å². The molecule has 0 heterocycles. The zero-order chi connectivity index (χ0) is 23.6. The number of hydrazone groups is 1. The molecular weight excluding hydrogens is 476 g/mol. The van der Waals surface area contributed by atoms with Gasteiger partial charge in [-0.1, -0.05) is 117 Å². The fourth-order valence-corrected chi connectivity index (χ4v) is 4.05. The van der Waals surface area contributed by atoms with Gasteiger partial charge in [0.1, 0.15) is 12.4 Å². The van der Waals surface area contributed by atoms with Crippen LogP contribution < -0.4 is 10.2 Å². The summed E-state index contributed by atoms with van der Waals surface area (Å²) in [4.78, 5) is 12.1. The molecule has 0 radical (unpaired) electrons. The predicted octanol–water partition coefficient (Wildman–Crippen LogP) is 8.18. The van der Waals surface area contributed by atoms with E-state index >= 15 is 0 Å². The van der Waals surface area contributed by atoms with E-state index in [1.54, 1.807) is 6.21 Å². The summed E-state index contributed by atoms with van der Waals surface area (Å²) in [6, 6.07) is 15.8. The lowest BCUT2D eigenvalue weighted by atomic mass is 10.1. The van der Waals surface area contributed by atoms with Crippen LogP contribution >= 0.6 is 15.9 Å². The Bertz CT molecular complexity index is 824. The highest BCUT2D eigenvalue weighted by atomic mass is 79.9. The summed E-state index contributed by atoms with van der Waals surface area (Å²) in [6.07, 6.45) is 16.2. The molecule has 0 unspecified atom stereocenters. The third kappa shape index (κ3) is 12.6. The topological polar surface area (TPSA) is 50.7 Å². The number of unbranched alkanes of at least 4 members (excludes halogenated alkanes) is 10. The second-order valence-corrected chi connectivity index (χ2v) is 9.45. The van der Waals surface area contributed by atoms with E-state index < -0.39 is 0 Å². The zero-order valence-corrected chi connectivity index (χ0v) is 21.6. The van der Waals surface area contributed by atoms with Crippen molar-refractivity contribution < 1.29 is 9.53 Å². The highest BCUT2D eigenvalue weighted by molar-refractivity contribution is 9.10. The van der Waals surface area contributed by atoms with Gasteiger partial charge in [0, 0.05) is 16.5 Å². The van der Waals surface area contributed by atoms with Gasteiger partial charge in [-0.05, 0) is 30.2 Å². The molecule has 4 nitrogen and oxygen atoms in total. The standard InChI is InChI=1S/C28H39BrN2O2/c1-2-3-4-5-6-7-8-9-10-11-15-18-28(32)31-30-22-25-21-26(29)19-20-27(25)33-23-24-16-13-12-14-17-24/h12-14,16-17,19-22H,2-11,15,18,23H2,1H3,(H,31,32)/b30-22-. The summed E-state index contributed by atoms with van der Waals surface area (Å²) in [5.74, 6) is 0.689. The third-order valence-electron chi connectivity index (χ3n) is 5.61. The summed E-state index contributed by atoms with van der Waals surface area (Å²) < 4.78 is 6.89. The molecule has 2 aromatic rings. The summed E-state index contributed by atoms with van der Waals surface area (Å²) in [6.45, 7) is 2.74. The van der Waals surface area contributed by atoms with Crippen LogP contribution in [0.5, 0.6) is 5.75 Å². The fraction of sp³-hybridized carbons (Fsp3) is 0.500. The SMILES string of the molecule is CCCCCCCCCCCCCC(=O)N/N=C\c1cc(Br)ccc1OCc1ccccc1. The molecule has 0 spiro atoms. The smallest absolute Gasteiger partial charge is 0.240 e. The molecule has 5 heteroatoms. The molecule has 0 aromatic heterocycles. The fourth-order valence-electron chi connectivity index (χ4n) is 3.67. The Kier molecular flexibility index (Phi) is 14.3. The van der Waals surface area contributed by atoms with Crippen molar-refractivity contribution in [3.63, 3.8) is 0 Å². The summed E-state index contributed by atoms with van der Waals surface area (Å²) in [5, 5.41) is 4.14. The summed E-state index contributed by atoms with van der Waals surface area (Å²) in [7, 11) is 0. The minimum Gasteiger partial charge on any atom is -0.488 e. The number of nitrogens with zero attached hydrogens (tertiary/aromatic N) is 1. The van der Waals surface area contributed by atoms with Gasteiger partial charge in [0.15, 0.2) is 0 Å². The van der Waals surface area contributed by atoms with Crippen LogP contribution in [-0.4, -0.2) is 12.1 Å². The molecule has 0 aliphatic carbocycles. The van der Waals surface area contributed by atoms with E-state index in [0.29, 0.717) is 13.0 Å². The number of carbonyl (C=O) groups is 1. The van der Waals surface area contributed by atoms with Crippen molar-refractivity contribution in [1.82, 2.24) is 5.43 Å². The molecule has 2 rings (SSSR count). The van der Waals surface area contributed by atoms with Crippen LogP contribution in [0, 0.1) is 0 Å². The van der Waals surface area contributed by atoms with E-state index in [1.807, 2.05) is 48.5 Å². The lowest BCUT2D eigenvalue weighted by Gasteiger charge is -2.09. The number of hydrogen-bond acceptors (Lipinski definition) is 3. The Morgan fingerprint density at radius 3 is 2.21 bits per heavy atom. The zero-order valence-electron chi connectivity index (χ0n) is 20.0. The van der Waals surface area contributed by atoms with Gasteiger partial charge in [0.05, 0.1) is 6.21 Å². The van der Waals surface area contributed by atoms with Gasteiger partial charge in [-0.2, -0.15) is 5.10 Å². The van der Waals surface area contributed by atoms with Crippen LogP contribution in [0.15, 0.2) is 58.1 Å². The monoisotopic (exact) mass is 514 g/mol. The van der Waals surface area contributed by atoms with Gasteiger partial charge >= 0.3 is 0 Å². The maximum absolute atomic E-state index is 12.1. The Hall–Kier alpha value is -2.14. The number of ether oxygens (including phenoxy) is 1. The first-order chi connectivity index (χ1) is 16.2. The molecule has 0 aliphatic rings. The van der Waals surface area contributed by atoms with E-state index in [0.717, 1.165) is 34.2 Å². The summed E-state index contributed by atoms with van der Waals surface area (Å²) in [5.41, 5.74) is 4.56. The lowest BCUT2D eigenvalue weighted by molar-refractivity contribution is -0.121. The molecule has 180 valence electrons. The van der Waals surface area contributed by atoms with Crippen LogP contribution in [0.3, 0.4) is 0 Å². The average Bonchev–Trinajstić information content (AvgIpc) is 2.82. The van der Waals surface area contributed by atoms with Crippen LogP contribution in [0.2, 0.25) is 0 Å². The Morgan fingerprint density at radius 1 is 0.909 bits per heavy atom. The van der Waals surface area contributed by atoms with Gasteiger partial charge < -0.3 is 4.74 Å². The van der Waals surface area contributed by atoms with Crippen LogP contribution in [0.4, 0.5) is 0 Å². The third-order valence-corrected chi connectivity index (χ3v) is 6.10. The molecule has 2 aromatic carbocycles. The second kappa shape index (κ2) is 17.4. The highest BCUT2D eigenvalue weighted by Gasteiger charge is 2.05. The molecule has 0 bridgehead atoms. The number of amides is 1. The van der Waals surface area contributed by atoms with Gasteiger partial charge in [0.2, 0.25) is 5.91 Å². The van der Waals surface area contributed by atoms with E-state index in [9.17, 15) is 4.79 Å². The molecular formula is C28H39BrN2O2. The van der Waals surface area contributed by atoms with E-state index in [-0.39, 0.29) is 5.91 Å². The molecule has 1 N–H and O–H groups in total. The Labute approximate surface area is 208 Å². The average molecular weight is 516 g/mol. The number of nitrogens with one attached hydrogen (secondary N) is 1.